The Labute approximate surface area is 125 Å². The number of benzene rings is 1. The highest BCUT2D eigenvalue weighted by Gasteiger charge is 2.27. The molecule has 1 unspecified atom stereocenters. The molecule has 2 aromatic rings. The Morgan fingerprint density at radius 1 is 1.14 bits per heavy atom. The first-order chi connectivity index (χ1) is 10.3. The van der Waals surface area contributed by atoms with Crippen molar-refractivity contribution in [3.8, 4) is 0 Å². The van der Waals surface area contributed by atoms with E-state index in [1.54, 1.807) is 0 Å². The Morgan fingerprint density at radius 2 is 2.00 bits per heavy atom. The standard InChI is InChI=1S/C17H20N4/c1-12-10-13-4-2-3-5-16(13)21(12)17-9-8-15(19-20-17)11-18-14-6-7-14/h2-5,8-9,12,14,18H,6-7,10-11H2,1H3. The van der Waals surface area contributed by atoms with Crippen LogP contribution in [0.2, 0.25) is 0 Å². The number of rotatable bonds is 4. The van der Waals surface area contributed by atoms with Crippen LogP contribution in [0.1, 0.15) is 31.0 Å². The van der Waals surface area contributed by atoms with Crippen molar-refractivity contribution in [1.29, 1.82) is 0 Å². The fourth-order valence-corrected chi connectivity index (χ4v) is 3.03. The molecule has 1 atom stereocenters. The minimum Gasteiger partial charge on any atom is -0.321 e. The van der Waals surface area contributed by atoms with E-state index in [1.807, 2.05) is 0 Å². The highest BCUT2D eigenvalue weighted by Crippen LogP contribution is 2.36. The van der Waals surface area contributed by atoms with Gasteiger partial charge >= 0.3 is 0 Å². The minimum absolute atomic E-state index is 0.437. The van der Waals surface area contributed by atoms with Gasteiger partial charge < -0.3 is 10.2 Å². The molecule has 0 radical (unpaired) electrons. The second kappa shape index (κ2) is 5.11. The van der Waals surface area contributed by atoms with Crippen LogP contribution in [0, 0.1) is 0 Å². The normalized spacial score (nSPS) is 20.6. The van der Waals surface area contributed by atoms with Crippen molar-refractivity contribution < 1.29 is 0 Å². The Kier molecular flexibility index (Phi) is 3.11. The molecular formula is C17H20N4. The fraction of sp³-hybridized carbons (Fsp3) is 0.412. The molecule has 0 spiro atoms. The lowest BCUT2D eigenvalue weighted by Gasteiger charge is -2.23. The van der Waals surface area contributed by atoms with Gasteiger partial charge in [-0.1, -0.05) is 18.2 Å². The summed E-state index contributed by atoms with van der Waals surface area (Å²) in [5.74, 6) is 0.947. The van der Waals surface area contributed by atoms with Crippen molar-refractivity contribution in [2.24, 2.45) is 0 Å². The van der Waals surface area contributed by atoms with Crippen molar-refractivity contribution >= 4 is 11.5 Å². The number of para-hydroxylation sites is 1. The van der Waals surface area contributed by atoms with E-state index in [4.69, 9.17) is 0 Å². The largest absolute Gasteiger partial charge is 0.321 e. The van der Waals surface area contributed by atoms with Gasteiger partial charge in [-0.25, -0.2) is 0 Å². The molecule has 1 aliphatic carbocycles. The molecule has 4 nitrogen and oxygen atoms in total. The summed E-state index contributed by atoms with van der Waals surface area (Å²) in [6, 6.07) is 13.9. The first kappa shape index (κ1) is 12.8. The van der Waals surface area contributed by atoms with Crippen LogP contribution in [0.15, 0.2) is 36.4 Å². The van der Waals surface area contributed by atoms with E-state index in [0.29, 0.717) is 12.1 Å². The Hall–Kier alpha value is -1.94. The molecule has 0 bridgehead atoms. The first-order valence-corrected chi connectivity index (χ1v) is 7.74. The van der Waals surface area contributed by atoms with E-state index in [-0.39, 0.29) is 0 Å². The van der Waals surface area contributed by atoms with Gasteiger partial charge in [0.05, 0.1) is 5.69 Å². The molecular weight excluding hydrogens is 260 g/mol. The third-order valence-corrected chi connectivity index (χ3v) is 4.31. The number of fused-ring (bicyclic) bond motifs is 1. The maximum absolute atomic E-state index is 4.44. The van der Waals surface area contributed by atoms with E-state index in [9.17, 15) is 0 Å². The monoisotopic (exact) mass is 280 g/mol. The van der Waals surface area contributed by atoms with Crippen LogP contribution in [-0.2, 0) is 13.0 Å². The second-order valence-electron chi connectivity index (χ2n) is 6.09. The highest BCUT2D eigenvalue weighted by atomic mass is 15.3. The predicted molar refractivity (Wildman–Crippen MR) is 83.6 cm³/mol. The topological polar surface area (TPSA) is 41.0 Å². The summed E-state index contributed by atoms with van der Waals surface area (Å²) in [6.45, 7) is 3.06. The fourth-order valence-electron chi connectivity index (χ4n) is 3.03. The lowest BCUT2D eigenvalue weighted by atomic mass is 10.1. The van der Waals surface area contributed by atoms with Gasteiger partial charge in [-0.3, -0.25) is 0 Å². The van der Waals surface area contributed by atoms with Gasteiger partial charge in [0, 0.05) is 24.3 Å². The van der Waals surface area contributed by atoms with Crippen LogP contribution in [0.3, 0.4) is 0 Å². The number of hydrogen-bond acceptors (Lipinski definition) is 4. The molecule has 0 saturated heterocycles. The quantitative estimate of drug-likeness (QED) is 0.935. The zero-order chi connectivity index (χ0) is 14.2. The molecule has 2 aliphatic rings. The molecule has 4 rings (SSSR count). The summed E-state index contributed by atoms with van der Waals surface area (Å²) in [7, 11) is 0. The molecule has 4 heteroatoms. The lowest BCUT2D eigenvalue weighted by Crippen LogP contribution is -2.25. The number of aromatic nitrogens is 2. The summed E-state index contributed by atoms with van der Waals surface area (Å²) in [5, 5.41) is 12.3. The van der Waals surface area contributed by atoms with E-state index < -0.39 is 0 Å². The van der Waals surface area contributed by atoms with Crippen molar-refractivity contribution in [1.82, 2.24) is 15.5 Å². The van der Waals surface area contributed by atoms with E-state index >= 15 is 0 Å². The molecule has 1 aliphatic heterocycles. The van der Waals surface area contributed by atoms with Crippen LogP contribution >= 0.6 is 0 Å². The van der Waals surface area contributed by atoms with Gasteiger partial charge in [0.15, 0.2) is 5.82 Å². The molecule has 2 heterocycles. The van der Waals surface area contributed by atoms with Crippen molar-refractivity contribution in [2.45, 2.75) is 44.8 Å². The van der Waals surface area contributed by atoms with Crippen molar-refractivity contribution in [3.63, 3.8) is 0 Å². The third-order valence-electron chi connectivity index (χ3n) is 4.31. The first-order valence-electron chi connectivity index (χ1n) is 7.74. The van der Waals surface area contributed by atoms with Crippen molar-refractivity contribution in [3.05, 3.63) is 47.7 Å². The zero-order valence-corrected chi connectivity index (χ0v) is 12.3. The maximum Gasteiger partial charge on any atom is 0.155 e. The number of nitrogens with zero attached hydrogens (tertiary/aromatic N) is 3. The summed E-state index contributed by atoms with van der Waals surface area (Å²) in [5.41, 5.74) is 3.68. The van der Waals surface area contributed by atoms with Gasteiger partial charge in [-0.2, -0.15) is 5.10 Å². The maximum atomic E-state index is 4.44. The van der Waals surface area contributed by atoms with E-state index in [1.165, 1.54) is 24.1 Å². The van der Waals surface area contributed by atoms with Crippen molar-refractivity contribution in [2.75, 3.05) is 4.90 Å². The van der Waals surface area contributed by atoms with Crippen LogP contribution in [0.4, 0.5) is 11.5 Å². The zero-order valence-electron chi connectivity index (χ0n) is 12.3. The molecule has 108 valence electrons. The molecule has 1 N–H and O–H groups in total. The van der Waals surface area contributed by atoms with Crippen LogP contribution in [-0.4, -0.2) is 22.3 Å². The minimum atomic E-state index is 0.437. The Bertz CT molecular complexity index is 633. The van der Waals surface area contributed by atoms with Gasteiger partial charge in [-0.05, 0) is 49.9 Å². The van der Waals surface area contributed by atoms with Crippen LogP contribution < -0.4 is 10.2 Å². The predicted octanol–water partition coefficient (Wildman–Crippen LogP) is 2.81. The molecule has 1 saturated carbocycles. The third kappa shape index (κ3) is 2.51. The van der Waals surface area contributed by atoms with Gasteiger partial charge in [-0.15, -0.1) is 5.10 Å². The van der Waals surface area contributed by atoms with Gasteiger partial charge in [0.1, 0.15) is 0 Å². The summed E-state index contributed by atoms with van der Waals surface area (Å²) < 4.78 is 0. The Balaban J connectivity index is 1.55. The van der Waals surface area contributed by atoms with Crippen LogP contribution in [0.25, 0.3) is 0 Å². The smallest absolute Gasteiger partial charge is 0.155 e. The number of nitrogens with one attached hydrogen (secondary N) is 1. The van der Waals surface area contributed by atoms with Gasteiger partial charge in [0.25, 0.3) is 0 Å². The summed E-state index contributed by atoms with van der Waals surface area (Å²) in [4.78, 5) is 2.29. The molecule has 1 aromatic carbocycles. The lowest BCUT2D eigenvalue weighted by molar-refractivity contribution is 0.662. The average Bonchev–Trinajstić information content (AvgIpc) is 3.27. The number of hydrogen-bond donors (Lipinski definition) is 1. The SMILES string of the molecule is CC1Cc2ccccc2N1c1ccc(CNC2CC2)nn1. The highest BCUT2D eigenvalue weighted by molar-refractivity contribution is 5.68. The summed E-state index contributed by atoms with van der Waals surface area (Å²) in [6.07, 6.45) is 3.67. The molecule has 1 fully saturated rings. The second-order valence-corrected chi connectivity index (χ2v) is 6.09. The average molecular weight is 280 g/mol. The molecule has 0 amide bonds. The van der Waals surface area contributed by atoms with Gasteiger partial charge in [0.2, 0.25) is 0 Å². The van der Waals surface area contributed by atoms with E-state index in [0.717, 1.165) is 24.5 Å². The molecule has 21 heavy (non-hydrogen) atoms. The van der Waals surface area contributed by atoms with Crippen LogP contribution in [0.5, 0.6) is 0 Å². The number of anilines is 2. The molecule has 1 aromatic heterocycles. The summed E-state index contributed by atoms with van der Waals surface area (Å²) >= 11 is 0. The Morgan fingerprint density at radius 3 is 2.76 bits per heavy atom. The van der Waals surface area contributed by atoms with E-state index in [2.05, 4.69) is 63.7 Å².